The molecule has 7 rings (SSSR count). The second kappa shape index (κ2) is 8.62. The molecule has 2 aromatic heterocycles. The summed E-state index contributed by atoms with van der Waals surface area (Å²) in [6, 6.07) is 39.7. The van der Waals surface area contributed by atoms with E-state index in [9.17, 15) is 0 Å². The molecule has 7 aromatic rings. The summed E-state index contributed by atoms with van der Waals surface area (Å²) in [7, 11) is 0. The molecule has 0 saturated heterocycles. The van der Waals surface area contributed by atoms with Crippen LogP contribution in [0.15, 0.2) is 128 Å². The van der Waals surface area contributed by atoms with Gasteiger partial charge < -0.3 is 4.57 Å². The van der Waals surface area contributed by atoms with Crippen molar-refractivity contribution in [3.8, 4) is 16.8 Å². The first-order chi connectivity index (χ1) is 18.2. The van der Waals surface area contributed by atoms with Crippen LogP contribution in [0.4, 0.5) is 0 Å². The molecule has 0 amide bonds. The van der Waals surface area contributed by atoms with Crippen molar-refractivity contribution in [3.63, 3.8) is 0 Å². The Labute approximate surface area is 220 Å². The van der Waals surface area contributed by atoms with Gasteiger partial charge in [-0.3, -0.25) is 0 Å². The molecular formula is C35H25NS. The fourth-order valence-corrected chi connectivity index (χ4v) is 6.75. The van der Waals surface area contributed by atoms with Crippen molar-refractivity contribution in [2.45, 2.75) is 6.92 Å². The highest BCUT2D eigenvalue weighted by Crippen LogP contribution is 2.42. The van der Waals surface area contributed by atoms with Crippen LogP contribution in [0.25, 0.3) is 64.4 Å². The number of hydrogen-bond acceptors (Lipinski definition) is 1. The predicted octanol–water partition coefficient (Wildman–Crippen LogP) is 10.4. The van der Waals surface area contributed by atoms with Crippen LogP contribution in [0.3, 0.4) is 0 Å². The first-order valence-corrected chi connectivity index (χ1v) is 13.4. The Morgan fingerprint density at radius 2 is 1.51 bits per heavy atom. The zero-order valence-electron chi connectivity index (χ0n) is 20.6. The minimum Gasteiger partial charge on any atom is -0.309 e. The highest BCUT2D eigenvalue weighted by atomic mass is 32.1. The van der Waals surface area contributed by atoms with Gasteiger partial charge in [-0.25, -0.2) is 0 Å². The Morgan fingerprint density at radius 3 is 2.38 bits per heavy atom. The summed E-state index contributed by atoms with van der Waals surface area (Å²) in [6.45, 7) is 6.31. The molecule has 2 heterocycles. The Bertz CT molecular complexity index is 2000. The number of thiophene rings is 1. The van der Waals surface area contributed by atoms with Crippen LogP contribution in [0.1, 0.15) is 12.5 Å². The summed E-state index contributed by atoms with van der Waals surface area (Å²) in [5.74, 6) is 0. The van der Waals surface area contributed by atoms with Crippen LogP contribution in [0.2, 0.25) is 0 Å². The van der Waals surface area contributed by atoms with Gasteiger partial charge in [0, 0.05) is 36.6 Å². The topological polar surface area (TPSA) is 4.93 Å². The zero-order chi connectivity index (χ0) is 24.9. The number of nitrogens with zero attached hydrogens (tertiary/aromatic N) is 1. The molecule has 0 aliphatic heterocycles. The number of benzene rings is 5. The maximum atomic E-state index is 4.27. The zero-order valence-corrected chi connectivity index (χ0v) is 21.4. The Morgan fingerprint density at radius 1 is 0.703 bits per heavy atom. The van der Waals surface area contributed by atoms with E-state index in [0.29, 0.717) is 0 Å². The van der Waals surface area contributed by atoms with Crippen LogP contribution in [-0.2, 0) is 0 Å². The SMILES string of the molecule is C=C(/C=C\C)c1ccc2c(c1)c1ccc(-c3cccc4c3sc3ccccc34)cc1n2-c1ccccc1. The van der Waals surface area contributed by atoms with E-state index in [2.05, 4.69) is 126 Å². The van der Waals surface area contributed by atoms with Crippen LogP contribution < -0.4 is 0 Å². The van der Waals surface area contributed by atoms with Gasteiger partial charge in [0.25, 0.3) is 0 Å². The molecule has 0 aliphatic carbocycles. The maximum Gasteiger partial charge on any atom is 0.0547 e. The van der Waals surface area contributed by atoms with Gasteiger partial charge in [0.1, 0.15) is 0 Å². The molecule has 0 unspecified atom stereocenters. The molecule has 5 aromatic carbocycles. The smallest absolute Gasteiger partial charge is 0.0547 e. The van der Waals surface area contributed by atoms with Crippen molar-refractivity contribution in [2.75, 3.05) is 0 Å². The van der Waals surface area contributed by atoms with Gasteiger partial charge in [-0.05, 0) is 65.6 Å². The normalized spacial score (nSPS) is 11.9. The van der Waals surface area contributed by atoms with Crippen molar-refractivity contribution in [1.29, 1.82) is 0 Å². The number of allylic oxidation sites excluding steroid dienone is 3. The van der Waals surface area contributed by atoms with Crippen molar-refractivity contribution in [2.24, 2.45) is 0 Å². The molecule has 0 radical (unpaired) electrons. The number of para-hydroxylation sites is 1. The van der Waals surface area contributed by atoms with Crippen molar-refractivity contribution in [3.05, 3.63) is 133 Å². The van der Waals surface area contributed by atoms with Crippen molar-refractivity contribution in [1.82, 2.24) is 4.57 Å². The second-order valence-corrected chi connectivity index (χ2v) is 10.5. The standard InChI is InChI=1S/C35H25NS/c1-3-10-23(2)24-18-20-32-31(21-24)28-19-17-25(22-33(28)36(32)26-11-5-4-6-12-26)27-14-9-15-30-29-13-7-8-16-34(29)37-35(27)30/h3-22H,2H2,1H3/b10-3-. The monoisotopic (exact) mass is 491 g/mol. The molecule has 0 bridgehead atoms. The van der Waals surface area contributed by atoms with E-state index in [1.165, 1.54) is 58.8 Å². The summed E-state index contributed by atoms with van der Waals surface area (Å²) in [5, 5.41) is 5.15. The van der Waals surface area contributed by atoms with Crippen molar-refractivity contribution < 1.29 is 0 Å². The average molecular weight is 492 g/mol. The summed E-state index contributed by atoms with van der Waals surface area (Å²) >= 11 is 1.88. The molecule has 0 atom stereocenters. The number of rotatable bonds is 4. The third kappa shape index (κ3) is 3.45. The molecule has 0 aliphatic rings. The highest BCUT2D eigenvalue weighted by Gasteiger charge is 2.16. The molecule has 1 nitrogen and oxygen atoms in total. The summed E-state index contributed by atoms with van der Waals surface area (Å²) in [4.78, 5) is 0. The molecule has 2 heteroatoms. The van der Waals surface area contributed by atoms with E-state index < -0.39 is 0 Å². The minimum atomic E-state index is 1.03. The summed E-state index contributed by atoms with van der Waals surface area (Å²) in [6.07, 6.45) is 4.11. The lowest BCUT2D eigenvalue weighted by atomic mass is 10.00. The molecule has 37 heavy (non-hydrogen) atoms. The van der Waals surface area contributed by atoms with Gasteiger partial charge in [-0.15, -0.1) is 11.3 Å². The van der Waals surface area contributed by atoms with Crippen LogP contribution in [0, 0.1) is 0 Å². The first kappa shape index (κ1) is 21.8. The third-order valence-electron chi connectivity index (χ3n) is 7.23. The first-order valence-electron chi connectivity index (χ1n) is 12.6. The minimum absolute atomic E-state index is 1.03. The predicted molar refractivity (Wildman–Crippen MR) is 163 cm³/mol. The van der Waals surface area contributed by atoms with Gasteiger partial charge >= 0.3 is 0 Å². The second-order valence-electron chi connectivity index (χ2n) is 9.44. The van der Waals surface area contributed by atoms with Gasteiger partial charge in [0.15, 0.2) is 0 Å². The van der Waals surface area contributed by atoms with Gasteiger partial charge in [-0.1, -0.05) is 91.5 Å². The van der Waals surface area contributed by atoms with E-state index >= 15 is 0 Å². The molecule has 0 saturated carbocycles. The van der Waals surface area contributed by atoms with Gasteiger partial charge in [-0.2, -0.15) is 0 Å². The lowest BCUT2D eigenvalue weighted by Gasteiger charge is -2.09. The quantitative estimate of drug-likeness (QED) is 0.216. The number of fused-ring (bicyclic) bond motifs is 6. The van der Waals surface area contributed by atoms with E-state index in [1.54, 1.807) is 0 Å². The molecular weight excluding hydrogens is 466 g/mol. The van der Waals surface area contributed by atoms with E-state index in [4.69, 9.17) is 0 Å². The van der Waals surface area contributed by atoms with E-state index in [-0.39, 0.29) is 0 Å². The lowest BCUT2D eigenvalue weighted by molar-refractivity contribution is 1.18. The van der Waals surface area contributed by atoms with E-state index in [1.807, 2.05) is 24.3 Å². The van der Waals surface area contributed by atoms with Crippen molar-refractivity contribution >= 4 is 58.9 Å². The van der Waals surface area contributed by atoms with Crippen LogP contribution in [-0.4, -0.2) is 4.57 Å². The highest BCUT2D eigenvalue weighted by molar-refractivity contribution is 7.26. The van der Waals surface area contributed by atoms with Crippen LogP contribution in [0.5, 0.6) is 0 Å². The number of aromatic nitrogens is 1. The molecule has 0 fully saturated rings. The fraction of sp³-hybridized carbons (Fsp3) is 0.0286. The van der Waals surface area contributed by atoms with E-state index in [0.717, 1.165) is 11.1 Å². The third-order valence-corrected chi connectivity index (χ3v) is 8.45. The summed E-state index contributed by atoms with van der Waals surface area (Å²) < 4.78 is 5.07. The molecule has 0 spiro atoms. The van der Waals surface area contributed by atoms with Gasteiger partial charge in [0.2, 0.25) is 0 Å². The average Bonchev–Trinajstić information content (AvgIpc) is 3.48. The van der Waals surface area contributed by atoms with Crippen LogP contribution >= 0.6 is 11.3 Å². The molecule has 0 N–H and O–H groups in total. The molecule has 176 valence electrons. The Balaban J connectivity index is 1.52. The Hall–Kier alpha value is -4.40. The largest absolute Gasteiger partial charge is 0.309 e. The lowest BCUT2D eigenvalue weighted by Crippen LogP contribution is -1.93. The van der Waals surface area contributed by atoms with Gasteiger partial charge in [0.05, 0.1) is 11.0 Å². The number of hydrogen-bond donors (Lipinski definition) is 0. The Kier molecular flexibility index (Phi) is 5.09. The fourth-order valence-electron chi connectivity index (χ4n) is 5.52. The summed E-state index contributed by atoms with van der Waals surface area (Å²) in [5.41, 5.74) is 8.28. The maximum absolute atomic E-state index is 4.27.